The first-order valence-corrected chi connectivity index (χ1v) is 9.59. The van der Waals surface area contributed by atoms with Gasteiger partial charge in [-0.3, -0.25) is 0 Å². The molecular formula is C17H30N4OS. The predicted molar refractivity (Wildman–Crippen MR) is 97.1 cm³/mol. The Balaban J connectivity index is 1.90. The van der Waals surface area contributed by atoms with Gasteiger partial charge in [0.05, 0.1) is 17.8 Å². The highest BCUT2D eigenvalue weighted by molar-refractivity contribution is 7.09. The Kier molecular flexibility index (Phi) is 6.84. The van der Waals surface area contributed by atoms with E-state index in [2.05, 4.69) is 39.8 Å². The van der Waals surface area contributed by atoms with Gasteiger partial charge in [-0.2, -0.15) is 0 Å². The van der Waals surface area contributed by atoms with Crippen LogP contribution in [0.2, 0.25) is 0 Å². The average molecular weight is 339 g/mol. The Morgan fingerprint density at radius 3 is 2.70 bits per heavy atom. The number of nitrogens with zero attached hydrogens (tertiary/aromatic N) is 2. The molecule has 0 aliphatic heterocycles. The molecule has 0 radical (unpaired) electrons. The van der Waals surface area contributed by atoms with E-state index in [1.165, 1.54) is 6.42 Å². The fourth-order valence-corrected chi connectivity index (χ4v) is 3.67. The lowest BCUT2D eigenvalue weighted by molar-refractivity contribution is 0.00859. The topological polar surface area (TPSA) is 69.5 Å². The number of aromatic nitrogens is 1. The van der Waals surface area contributed by atoms with Crippen LogP contribution in [0.5, 0.6) is 0 Å². The summed E-state index contributed by atoms with van der Waals surface area (Å²) in [5, 5.41) is 20.3. The highest BCUT2D eigenvalue weighted by Crippen LogP contribution is 2.27. The maximum Gasteiger partial charge on any atom is 0.191 e. The van der Waals surface area contributed by atoms with E-state index >= 15 is 0 Å². The normalized spacial score (nSPS) is 18.2. The minimum absolute atomic E-state index is 0.455. The molecule has 1 heterocycles. The molecule has 2 rings (SSSR count). The van der Waals surface area contributed by atoms with Gasteiger partial charge in [0.15, 0.2) is 5.96 Å². The molecule has 1 fully saturated rings. The Morgan fingerprint density at radius 1 is 1.35 bits per heavy atom. The Bertz CT molecular complexity index is 506. The summed E-state index contributed by atoms with van der Waals surface area (Å²) in [7, 11) is 0. The van der Waals surface area contributed by atoms with Gasteiger partial charge < -0.3 is 15.7 Å². The third-order valence-corrected chi connectivity index (χ3v) is 5.10. The molecule has 1 aliphatic rings. The van der Waals surface area contributed by atoms with E-state index in [4.69, 9.17) is 0 Å². The van der Waals surface area contributed by atoms with Gasteiger partial charge in [-0.1, -0.05) is 33.1 Å². The van der Waals surface area contributed by atoms with Gasteiger partial charge in [0.1, 0.15) is 5.01 Å². The molecule has 0 unspecified atom stereocenters. The van der Waals surface area contributed by atoms with Crippen LogP contribution in [0.1, 0.15) is 69.5 Å². The van der Waals surface area contributed by atoms with Crippen molar-refractivity contribution < 1.29 is 5.11 Å². The fourth-order valence-electron chi connectivity index (χ4n) is 2.79. The van der Waals surface area contributed by atoms with Gasteiger partial charge in [-0.15, -0.1) is 11.3 Å². The molecule has 0 atom stereocenters. The van der Waals surface area contributed by atoms with Crippen molar-refractivity contribution in [3.63, 3.8) is 0 Å². The first-order valence-electron chi connectivity index (χ1n) is 8.71. The van der Waals surface area contributed by atoms with Crippen molar-refractivity contribution in [1.82, 2.24) is 15.6 Å². The third-order valence-electron chi connectivity index (χ3n) is 4.25. The first kappa shape index (κ1) is 18.2. The van der Waals surface area contributed by atoms with Crippen molar-refractivity contribution in [2.45, 2.75) is 70.9 Å². The quantitative estimate of drug-likeness (QED) is 0.551. The molecule has 23 heavy (non-hydrogen) atoms. The van der Waals surface area contributed by atoms with Crippen molar-refractivity contribution in [2.24, 2.45) is 4.99 Å². The zero-order valence-corrected chi connectivity index (χ0v) is 15.4. The molecule has 0 saturated heterocycles. The Labute approximate surface area is 143 Å². The molecule has 1 aromatic heterocycles. The summed E-state index contributed by atoms with van der Waals surface area (Å²) in [6.45, 7) is 8.29. The predicted octanol–water partition coefficient (Wildman–Crippen LogP) is 3.02. The number of hydrogen-bond acceptors (Lipinski definition) is 4. The summed E-state index contributed by atoms with van der Waals surface area (Å²) >= 11 is 1.66. The van der Waals surface area contributed by atoms with Gasteiger partial charge in [0.25, 0.3) is 0 Å². The lowest BCUT2D eigenvalue weighted by Crippen LogP contribution is -2.48. The molecule has 1 saturated carbocycles. The van der Waals surface area contributed by atoms with Crippen LogP contribution < -0.4 is 10.6 Å². The number of guanidine groups is 1. The summed E-state index contributed by atoms with van der Waals surface area (Å²) in [6, 6.07) is 0. The monoisotopic (exact) mass is 338 g/mol. The van der Waals surface area contributed by atoms with Crippen molar-refractivity contribution in [3.8, 4) is 0 Å². The van der Waals surface area contributed by atoms with Crippen LogP contribution in [0.4, 0.5) is 0 Å². The molecule has 6 heteroatoms. The average Bonchev–Trinajstić information content (AvgIpc) is 3.00. The number of aliphatic imine (C=N–C) groups is 1. The smallest absolute Gasteiger partial charge is 0.191 e. The molecule has 1 aromatic rings. The maximum absolute atomic E-state index is 10.6. The highest BCUT2D eigenvalue weighted by Gasteiger charge is 2.29. The van der Waals surface area contributed by atoms with Crippen LogP contribution >= 0.6 is 11.3 Å². The SMILES string of the molecule is CCNC(=NCc1nc(C(C)C)cs1)NCC1(O)CCCCC1. The lowest BCUT2D eigenvalue weighted by atomic mass is 9.85. The van der Waals surface area contributed by atoms with Gasteiger partial charge >= 0.3 is 0 Å². The highest BCUT2D eigenvalue weighted by atomic mass is 32.1. The molecule has 1 aliphatic carbocycles. The van der Waals surface area contributed by atoms with Crippen molar-refractivity contribution in [2.75, 3.05) is 13.1 Å². The second-order valence-corrected chi connectivity index (χ2v) is 7.60. The van der Waals surface area contributed by atoms with E-state index in [-0.39, 0.29) is 0 Å². The van der Waals surface area contributed by atoms with Crippen LogP contribution in [0.25, 0.3) is 0 Å². The zero-order chi connectivity index (χ0) is 16.7. The van der Waals surface area contributed by atoms with Crippen molar-refractivity contribution >= 4 is 17.3 Å². The standard InChI is InChI=1S/C17H30N4OS/c1-4-18-16(20-12-17(22)8-6-5-7-9-17)19-10-15-21-14(11-23-15)13(2)3/h11,13,22H,4-10,12H2,1-3H3,(H2,18,19,20). The summed E-state index contributed by atoms with van der Waals surface area (Å²) < 4.78 is 0. The second-order valence-electron chi connectivity index (χ2n) is 6.65. The van der Waals surface area contributed by atoms with Crippen LogP contribution in [0.15, 0.2) is 10.4 Å². The minimum Gasteiger partial charge on any atom is -0.388 e. The lowest BCUT2D eigenvalue weighted by Gasteiger charge is -2.32. The maximum atomic E-state index is 10.6. The van der Waals surface area contributed by atoms with E-state index in [0.29, 0.717) is 19.0 Å². The summed E-state index contributed by atoms with van der Waals surface area (Å²) in [5.74, 6) is 1.21. The van der Waals surface area contributed by atoms with E-state index in [1.54, 1.807) is 11.3 Å². The summed E-state index contributed by atoms with van der Waals surface area (Å²) in [5.41, 5.74) is 0.551. The van der Waals surface area contributed by atoms with Crippen LogP contribution in [0, 0.1) is 0 Å². The van der Waals surface area contributed by atoms with E-state index in [1.807, 2.05) is 6.92 Å². The molecule has 5 nitrogen and oxygen atoms in total. The van der Waals surface area contributed by atoms with Gasteiger partial charge in [-0.05, 0) is 25.7 Å². The molecule has 0 aromatic carbocycles. The van der Waals surface area contributed by atoms with Crippen LogP contribution in [-0.2, 0) is 6.54 Å². The molecule has 0 amide bonds. The van der Waals surface area contributed by atoms with Crippen molar-refractivity contribution in [1.29, 1.82) is 0 Å². The zero-order valence-electron chi connectivity index (χ0n) is 14.6. The number of nitrogens with one attached hydrogen (secondary N) is 2. The molecule has 0 spiro atoms. The number of rotatable bonds is 6. The van der Waals surface area contributed by atoms with Gasteiger partial charge in [-0.25, -0.2) is 9.98 Å². The Morgan fingerprint density at radius 2 is 2.09 bits per heavy atom. The van der Waals surface area contributed by atoms with E-state index in [9.17, 15) is 5.11 Å². The van der Waals surface area contributed by atoms with Crippen molar-refractivity contribution in [3.05, 3.63) is 16.1 Å². The number of aliphatic hydroxyl groups is 1. The molecule has 0 bridgehead atoms. The van der Waals surface area contributed by atoms with E-state index < -0.39 is 5.60 Å². The first-order chi connectivity index (χ1) is 11.0. The minimum atomic E-state index is -0.583. The molecule has 3 N–H and O–H groups in total. The number of thiazole rings is 1. The van der Waals surface area contributed by atoms with E-state index in [0.717, 1.165) is 48.9 Å². The largest absolute Gasteiger partial charge is 0.388 e. The Hall–Kier alpha value is -1.14. The van der Waals surface area contributed by atoms with Gasteiger partial charge in [0.2, 0.25) is 0 Å². The summed E-state index contributed by atoms with van der Waals surface area (Å²) in [6.07, 6.45) is 5.22. The molecule has 130 valence electrons. The summed E-state index contributed by atoms with van der Waals surface area (Å²) in [4.78, 5) is 9.22. The van der Waals surface area contributed by atoms with Gasteiger partial charge in [0, 0.05) is 18.5 Å². The molecular weight excluding hydrogens is 308 g/mol. The fraction of sp³-hybridized carbons (Fsp3) is 0.765. The second kappa shape index (κ2) is 8.64. The van der Waals surface area contributed by atoms with Crippen LogP contribution in [0.3, 0.4) is 0 Å². The van der Waals surface area contributed by atoms with Crippen LogP contribution in [-0.4, -0.2) is 34.7 Å². The third kappa shape index (κ3) is 5.77. The number of hydrogen-bond donors (Lipinski definition) is 3.